The van der Waals surface area contributed by atoms with E-state index in [1.807, 2.05) is 37.3 Å². The molecule has 0 aromatic heterocycles. The summed E-state index contributed by atoms with van der Waals surface area (Å²) in [4.78, 5) is 31.0. The highest BCUT2D eigenvalue weighted by Gasteiger charge is 2.45. The number of nitrogens with zero attached hydrogens (tertiary/aromatic N) is 1. The number of carbonyl (C=O) groups excluding carboxylic acids is 2. The van der Waals surface area contributed by atoms with Gasteiger partial charge < -0.3 is 4.74 Å². The second kappa shape index (κ2) is 9.23. The molecular formula is C28H31NO3. The zero-order valence-electron chi connectivity index (χ0n) is 19.3. The number of benzene rings is 2. The fourth-order valence-electron chi connectivity index (χ4n) is 5.34. The van der Waals surface area contributed by atoms with Gasteiger partial charge in [0, 0.05) is 23.7 Å². The summed E-state index contributed by atoms with van der Waals surface area (Å²) >= 11 is 0. The molecule has 2 aromatic carbocycles. The number of methoxy groups -OCH3 is 1. The van der Waals surface area contributed by atoms with Crippen LogP contribution in [0, 0.1) is 17.8 Å². The van der Waals surface area contributed by atoms with Crippen molar-refractivity contribution < 1.29 is 14.3 Å². The highest BCUT2D eigenvalue weighted by molar-refractivity contribution is 6.11. The fraction of sp³-hybridized carbons (Fsp3) is 0.393. The molecule has 4 rings (SSSR count). The van der Waals surface area contributed by atoms with Gasteiger partial charge in [0.25, 0.3) is 0 Å². The Balaban J connectivity index is 1.74. The van der Waals surface area contributed by atoms with Gasteiger partial charge in [0.15, 0.2) is 0 Å². The highest BCUT2D eigenvalue weighted by Crippen LogP contribution is 2.45. The van der Waals surface area contributed by atoms with Crippen molar-refractivity contribution in [1.29, 1.82) is 0 Å². The molecule has 4 nitrogen and oxygen atoms in total. The first-order valence-corrected chi connectivity index (χ1v) is 11.4. The number of Topliss-reactive ketones (excluding diaryl/α,β-unsaturated/α-hetero) is 1. The van der Waals surface area contributed by atoms with E-state index in [0.717, 1.165) is 35.2 Å². The molecule has 0 bridgehead atoms. The Morgan fingerprint density at radius 3 is 2.28 bits per heavy atom. The van der Waals surface area contributed by atoms with Crippen molar-refractivity contribution in [3.05, 3.63) is 71.4 Å². The van der Waals surface area contributed by atoms with Gasteiger partial charge in [-0.2, -0.15) is 0 Å². The fourth-order valence-corrected chi connectivity index (χ4v) is 5.34. The number of ether oxygens (including phenoxy) is 1. The molecule has 0 N–H and O–H groups in total. The lowest BCUT2D eigenvalue weighted by molar-refractivity contribution is -0.136. The van der Waals surface area contributed by atoms with Gasteiger partial charge in [-0.25, -0.2) is 4.79 Å². The second-order valence-corrected chi connectivity index (χ2v) is 9.41. The minimum Gasteiger partial charge on any atom is -0.466 e. The zero-order valence-corrected chi connectivity index (χ0v) is 19.3. The number of allylic oxidation sites excluding steroid dienone is 1. The van der Waals surface area contributed by atoms with Crippen LogP contribution in [0.15, 0.2) is 70.9 Å². The maximum atomic E-state index is 13.4. The Hall–Kier alpha value is -3.01. The Morgan fingerprint density at radius 1 is 1.00 bits per heavy atom. The molecule has 32 heavy (non-hydrogen) atoms. The lowest BCUT2D eigenvalue weighted by Crippen LogP contribution is -2.41. The van der Waals surface area contributed by atoms with Gasteiger partial charge >= 0.3 is 5.97 Å². The zero-order chi connectivity index (χ0) is 22.8. The topological polar surface area (TPSA) is 55.7 Å². The number of rotatable bonds is 5. The predicted molar refractivity (Wildman–Crippen MR) is 127 cm³/mol. The van der Waals surface area contributed by atoms with Gasteiger partial charge in [-0.3, -0.25) is 9.79 Å². The summed E-state index contributed by atoms with van der Waals surface area (Å²) in [5.41, 5.74) is 5.29. The van der Waals surface area contributed by atoms with Crippen LogP contribution in [0.25, 0.3) is 11.1 Å². The molecule has 1 aliphatic carbocycles. The summed E-state index contributed by atoms with van der Waals surface area (Å²) < 4.78 is 5.12. The van der Waals surface area contributed by atoms with Crippen LogP contribution in [0.4, 0.5) is 0 Å². The monoisotopic (exact) mass is 429 g/mol. The average molecular weight is 430 g/mol. The van der Waals surface area contributed by atoms with Gasteiger partial charge in [-0.1, -0.05) is 68.4 Å². The first-order valence-electron chi connectivity index (χ1n) is 11.4. The molecule has 1 fully saturated rings. The van der Waals surface area contributed by atoms with Crippen LogP contribution in [0.1, 0.15) is 51.5 Å². The lowest BCUT2D eigenvalue weighted by atomic mass is 9.66. The van der Waals surface area contributed by atoms with Crippen LogP contribution in [0.2, 0.25) is 0 Å². The van der Waals surface area contributed by atoms with Crippen molar-refractivity contribution in [1.82, 2.24) is 0 Å². The number of ketones is 1. The SMILES string of the molecule is COC(=O)C1=C(C)N=C2CC(CC(C)C)CC(=O)C2C1c1ccc(-c2ccccc2)cc1. The van der Waals surface area contributed by atoms with E-state index in [2.05, 4.69) is 38.1 Å². The van der Waals surface area contributed by atoms with Gasteiger partial charge in [0.05, 0.1) is 18.6 Å². The van der Waals surface area contributed by atoms with E-state index < -0.39 is 11.9 Å². The first-order chi connectivity index (χ1) is 15.4. The second-order valence-electron chi connectivity index (χ2n) is 9.41. The number of fused-ring (bicyclic) bond motifs is 1. The van der Waals surface area contributed by atoms with Crippen LogP contribution in [-0.2, 0) is 14.3 Å². The molecule has 166 valence electrons. The molecule has 0 radical (unpaired) electrons. The summed E-state index contributed by atoms with van der Waals surface area (Å²) in [6.07, 6.45) is 2.38. The van der Waals surface area contributed by atoms with E-state index in [0.29, 0.717) is 29.5 Å². The molecule has 3 atom stereocenters. The van der Waals surface area contributed by atoms with Crippen molar-refractivity contribution in [2.45, 2.75) is 46.0 Å². The maximum absolute atomic E-state index is 13.4. The number of carbonyl (C=O) groups is 2. The molecule has 2 aromatic rings. The quantitative estimate of drug-likeness (QED) is 0.549. The molecule has 0 spiro atoms. The molecule has 0 saturated heterocycles. The van der Waals surface area contributed by atoms with E-state index in [1.54, 1.807) is 0 Å². The minimum atomic E-state index is -0.403. The first kappa shape index (κ1) is 22.2. The molecular weight excluding hydrogens is 398 g/mol. The number of hydrogen-bond donors (Lipinski definition) is 0. The smallest absolute Gasteiger partial charge is 0.336 e. The van der Waals surface area contributed by atoms with Crippen molar-refractivity contribution in [3.8, 4) is 11.1 Å². The third-order valence-electron chi connectivity index (χ3n) is 6.63. The Morgan fingerprint density at radius 2 is 1.66 bits per heavy atom. The molecule has 1 aliphatic heterocycles. The molecule has 1 heterocycles. The Kier molecular flexibility index (Phi) is 6.40. The average Bonchev–Trinajstić information content (AvgIpc) is 2.78. The van der Waals surface area contributed by atoms with E-state index >= 15 is 0 Å². The predicted octanol–water partition coefficient (Wildman–Crippen LogP) is 5.98. The largest absolute Gasteiger partial charge is 0.466 e. The number of aliphatic imine (C=N–C) groups is 1. The van der Waals surface area contributed by atoms with Gasteiger partial charge in [-0.15, -0.1) is 0 Å². The molecule has 2 aliphatic rings. The molecule has 3 unspecified atom stereocenters. The number of esters is 1. The van der Waals surface area contributed by atoms with E-state index in [1.165, 1.54) is 7.11 Å². The van der Waals surface area contributed by atoms with E-state index in [9.17, 15) is 9.59 Å². The summed E-state index contributed by atoms with van der Waals surface area (Å²) in [6, 6.07) is 18.4. The van der Waals surface area contributed by atoms with Crippen molar-refractivity contribution in [2.75, 3.05) is 7.11 Å². The standard InChI is InChI=1S/C28H31NO3/c1-17(2)14-19-15-23-27(24(30)16-19)26(25(18(3)29-23)28(31)32-4)22-12-10-21(11-13-22)20-8-6-5-7-9-20/h5-13,17,19,26-27H,14-16H2,1-4H3. The Labute approximate surface area is 190 Å². The van der Waals surface area contributed by atoms with Crippen LogP contribution in [-0.4, -0.2) is 24.6 Å². The summed E-state index contributed by atoms with van der Waals surface area (Å²) in [5, 5.41) is 0. The van der Waals surface area contributed by atoms with Crippen LogP contribution in [0.3, 0.4) is 0 Å². The van der Waals surface area contributed by atoms with E-state index in [4.69, 9.17) is 9.73 Å². The van der Waals surface area contributed by atoms with Crippen molar-refractivity contribution >= 4 is 17.5 Å². The third kappa shape index (κ3) is 4.32. The van der Waals surface area contributed by atoms with E-state index in [-0.39, 0.29) is 11.7 Å². The van der Waals surface area contributed by atoms with Crippen molar-refractivity contribution in [2.24, 2.45) is 22.7 Å². The van der Waals surface area contributed by atoms with Crippen LogP contribution < -0.4 is 0 Å². The van der Waals surface area contributed by atoms with Crippen LogP contribution in [0.5, 0.6) is 0 Å². The highest BCUT2D eigenvalue weighted by atomic mass is 16.5. The number of hydrogen-bond acceptors (Lipinski definition) is 4. The lowest BCUT2D eigenvalue weighted by Gasteiger charge is -2.38. The minimum absolute atomic E-state index is 0.187. The molecule has 0 amide bonds. The Bertz CT molecular complexity index is 1060. The molecule has 1 saturated carbocycles. The summed E-state index contributed by atoms with van der Waals surface area (Å²) in [6.45, 7) is 6.24. The maximum Gasteiger partial charge on any atom is 0.336 e. The van der Waals surface area contributed by atoms with Gasteiger partial charge in [0.1, 0.15) is 5.78 Å². The summed E-state index contributed by atoms with van der Waals surface area (Å²) in [7, 11) is 1.39. The molecule has 4 heteroatoms. The normalized spacial score (nSPS) is 23.1. The third-order valence-corrected chi connectivity index (χ3v) is 6.63. The van der Waals surface area contributed by atoms with Gasteiger partial charge in [-0.05, 0) is 48.3 Å². The van der Waals surface area contributed by atoms with Crippen molar-refractivity contribution in [3.63, 3.8) is 0 Å². The summed E-state index contributed by atoms with van der Waals surface area (Å²) in [5.74, 6) is -0.0967. The van der Waals surface area contributed by atoms with Gasteiger partial charge in [0.2, 0.25) is 0 Å². The van der Waals surface area contributed by atoms with Crippen LogP contribution >= 0.6 is 0 Å².